The second-order valence-corrected chi connectivity index (χ2v) is 4.58. The fourth-order valence-electron chi connectivity index (χ4n) is 1.34. The summed E-state index contributed by atoms with van der Waals surface area (Å²) in [5, 5.41) is 0.653. The molecule has 0 saturated carbocycles. The molecule has 0 fully saturated rings. The minimum absolute atomic E-state index is 0.267. The van der Waals surface area contributed by atoms with Crippen LogP contribution >= 0.6 is 31.9 Å². The lowest BCUT2D eigenvalue weighted by molar-refractivity contribution is 0.0525. The molecule has 0 saturated heterocycles. The Bertz CT molecular complexity index is 375. The summed E-state index contributed by atoms with van der Waals surface area (Å²) in [6, 6.07) is 3.78. The van der Waals surface area contributed by atoms with Crippen molar-refractivity contribution in [2.24, 2.45) is 0 Å². The molecule has 1 rings (SSSR count). The molecule has 1 aromatic carbocycles. The van der Waals surface area contributed by atoms with Crippen LogP contribution in [0.1, 0.15) is 28.4 Å². The van der Waals surface area contributed by atoms with E-state index in [1.807, 2.05) is 13.0 Å². The van der Waals surface area contributed by atoms with Gasteiger partial charge in [-0.3, -0.25) is 0 Å². The van der Waals surface area contributed by atoms with Crippen LogP contribution in [0.25, 0.3) is 0 Å². The lowest BCUT2D eigenvalue weighted by Gasteiger charge is -2.10. The van der Waals surface area contributed by atoms with Gasteiger partial charge < -0.3 is 4.74 Å². The van der Waals surface area contributed by atoms with Gasteiger partial charge in [0, 0.05) is 9.80 Å². The molecular formula is C11H12Br2O2. The summed E-state index contributed by atoms with van der Waals surface area (Å²) in [6.07, 6.45) is 0. The SMILES string of the molecule is CCOC(=O)c1cc(Br)cc(C)c1CBr. The van der Waals surface area contributed by atoms with Crippen molar-refractivity contribution in [3.63, 3.8) is 0 Å². The van der Waals surface area contributed by atoms with Gasteiger partial charge in [0.15, 0.2) is 0 Å². The summed E-state index contributed by atoms with van der Waals surface area (Å²) in [7, 11) is 0. The Morgan fingerprint density at radius 1 is 1.47 bits per heavy atom. The van der Waals surface area contributed by atoms with Crippen molar-refractivity contribution in [1.82, 2.24) is 0 Å². The quantitative estimate of drug-likeness (QED) is 0.620. The number of benzene rings is 1. The molecule has 4 heteroatoms. The van der Waals surface area contributed by atoms with Gasteiger partial charge in [0.05, 0.1) is 12.2 Å². The molecule has 0 atom stereocenters. The van der Waals surface area contributed by atoms with Crippen LogP contribution in [0.5, 0.6) is 0 Å². The minimum atomic E-state index is -0.267. The second-order valence-electron chi connectivity index (χ2n) is 3.10. The molecule has 0 aromatic heterocycles. The van der Waals surface area contributed by atoms with Gasteiger partial charge in [-0.15, -0.1) is 0 Å². The molecule has 1 aromatic rings. The van der Waals surface area contributed by atoms with Crippen LogP contribution < -0.4 is 0 Å². The third kappa shape index (κ3) is 3.05. The number of aryl methyl sites for hydroxylation is 1. The summed E-state index contributed by atoms with van der Waals surface area (Å²) in [4.78, 5) is 11.7. The van der Waals surface area contributed by atoms with Gasteiger partial charge in [-0.2, -0.15) is 0 Å². The van der Waals surface area contributed by atoms with Crippen molar-refractivity contribution < 1.29 is 9.53 Å². The molecule has 15 heavy (non-hydrogen) atoms. The van der Waals surface area contributed by atoms with Crippen LogP contribution in [0.4, 0.5) is 0 Å². The lowest BCUT2D eigenvalue weighted by Crippen LogP contribution is -2.08. The molecular weight excluding hydrogens is 324 g/mol. The van der Waals surface area contributed by atoms with Gasteiger partial charge in [0.25, 0.3) is 0 Å². The Morgan fingerprint density at radius 2 is 2.13 bits per heavy atom. The molecule has 0 radical (unpaired) electrons. The molecule has 0 aliphatic heterocycles. The number of rotatable bonds is 3. The largest absolute Gasteiger partial charge is 0.462 e. The first kappa shape index (κ1) is 12.7. The number of esters is 1. The molecule has 0 aliphatic carbocycles. The first-order valence-electron chi connectivity index (χ1n) is 4.62. The molecule has 0 unspecified atom stereocenters. The summed E-state index contributed by atoms with van der Waals surface area (Å²) < 4.78 is 5.90. The van der Waals surface area contributed by atoms with Crippen molar-refractivity contribution in [2.75, 3.05) is 6.61 Å². The van der Waals surface area contributed by atoms with E-state index in [2.05, 4.69) is 31.9 Å². The van der Waals surface area contributed by atoms with Crippen LogP contribution in [0.2, 0.25) is 0 Å². The average Bonchev–Trinajstić information content (AvgIpc) is 2.17. The first-order chi connectivity index (χ1) is 7.10. The maximum atomic E-state index is 11.7. The molecule has 0 N–H and O–H groups in total. The monoisotopic (exact) mass is 334 g/mol. The third-order valence-electron chi connectivity index (χ3n) is 2.07. The van der Waals surface area contributed by atoms with E-state index in [0.717, 1.165) is 15.6 Å². The van der Waals surface area contributed by atoms with E-state index in [9.17, 15) is 4.79 Å². The Labute approximate surface area is 106 Å². The van der Waals surface area contributed by atoms with Crippen molar-refractivity contribution in [3.05, 3.63) is 33.3 Å². The van der Waals surface area contributed by atoms with Gasteiger partial charge in [-0.25, -0.2) is 4.79 Å². The topological polar surface area (TPSA) is 26.3 Å². The molecule has 0 heterocycles. The Morgan fingerprint density at radius 3 is 2.67 bits per heavy atom. The zero-order valence-electron chi connectivity index (χ0n) is 8.64. The molecule has 0 amide bonds. The molecule has 0 spiro atoms. The number of halogens is 2. The van der Waals surface area contributed by atoms with E-state index in [-0.39, 0.29) is 5.97 Å². The Balaban J connectivity index is 3.20. The number of hydrogen-bond acceptors (Lipinski definition) is 2. The zero-order chi connectivity index (χ0) is 11.4. The minimum Gasteiger partial charge on any atom is -0.462 e. The maximum Gasteiger partial charge on any atom is 0.338 e. The van der Waals surface area contributed by atoms with E-state index in [4.69, 9.17) is 4.74 Å². The predicted octanol–water partition coefficient (Wildman–Crippen LogP) is 3.83. The third-order valence-corrected chi connectivity index (χ3v) is 3.09. The van der Waals surface area contributed by atoms with Gasteiger partial charge in [0.1, 0.15) is 0 Å². The molecule has 0 bridgehead atoms. The zero-order valence-corrected chi connectivity index (χ0v) is 11.8. The summed E-state index contributed by atoms with van der Waals surface area (Å²) in [6.45, 7) is 4.17. The van der Waals surface area contributed by atoms with E-state index in [1.165, 1.54) is 0 Å². The van der Waals surface area contributed by atoms with E-state index in [0.29, 0.717) is 17.5 Å². The number of hydrogen-bond donors (Lipinski definition) is 0. The highest BCUT2D eigenvalue weighted by Crippen LogP contribution is 2.23. The van der Waals surface area contributed by atoms with Crippen molar-refractivity contribution >= 4 is 37.8 Å². The Kier molecular flexibility index (Phi) is 4.80. The van der Waals surface area contributed by atoms with E-state index < -0.39 is 0 Å². The standard InChI is InChI=1S/C11H12Br2O2/c1-3-15-11(14)9-5-8(13)4-7(2)10(9)6-12/h4-5H,3,6H2,1-2H3. The highest BCUT2D eigenvalue weighted by Gasteiger charge is 2.14. The first-order valence-corrected chi connectivity index (χ1v) is 6.53. The fraction of sp³-hybridized carbons (Fsp3) is 0.364. The van der Waals surface area contributed by atoms with E-state index in [1.54, 1.807) is 13.0 Å². The van der Waals surface area contributed by atoms with Crippen molar-refractivity contribution in [2.45, 2.75) is 19.2 Å². The van der Waals surface area contributed by atoms with Crippen LogP contribution in [-0.4, -0.2) is 12.6 Å². The van der Waals surface area contributed by atoms with Crippen LogP contribution in [0.3, 0.4) is 0 Å². The van der Waals surface area contributed by atoms with Gasteiger partial charge >= 0.3 is 5.97 Å². The van der Waals surface area contributed by atoms with Gasteiger partial charge in [-0.05, 0) is 37.1 Å². The number of carbonyl (C=O) groups excluding carboxylic acids is 1. The van der Waals surface area contributed by atoms with Crippen LogP contribution in [-0.2, 0) is 10.1 Å². The molecule has 82 valence electrons. The number of alkyl halides is 1. The normalized spacial score (nSPS) is 10.1. The van der Waals surface area contributed by atoms with Crippen LogP contribution in [0.15, 0.2) is 16.6 Å². The fourth-order valence-corrected chi connectivity index (χ4v) is 2.66. The lowest BCUT2D eigenvalue weighted by atomic mass is 10.0. The summed E-state index contributed by atoms with van der Waals surface area (Å²) in [5.41, 5.74) is 2.68. The summed E-state index contributed by atoms with van der Waals surface area (Å²) >= 11 is 6.75. The predicted molar refractivity (Wildman–Crippen MR) is 67.5 cm³/mol. The molecule has 0 aliphatic rings. The maximum absolute atomic E-state index is 11.7. The van der Waals surface area contributed by atoms with Crippen LogP contribution in [0, 0.1) is 6.92 Å². The molecule has 2 nitrogen and oxygen atoms in total. The van der Waals surface area contributed by atoms with Crippen molar-refractivity contribution in [1.29, 1.82) is 0 Å². The van der Waals surface area contributed by atoms with Gasteiger partial charge in [-0.1, -0.05) is 31.9 Å². The van der Waals surface area contributed by atoms with E-state index >= 15 is 0 Å². The highest BCUT2D eigenvalue weighted by molar-refractivity contribution is 9.10. The number of ether oxygens (including phenoxy) is 1. The highest BCUT2D eigenvalue weighted by atomic mass is 79.9. The van der Waals surface area contributed by atoms with Gasteiger partial charge in [0.2, 0.25) is 0 Å². The smallest absolute Gasteiger partial charge is 0.338 e. The average molecular weight is 336 g/mol. The Hall–Kier alpha value is -0.350. The summed E-state index contributed by atoms with van der Waals surface area (Å²) in [5.74, 6) is -0.267. The number of carbonyl (C=O) groups is 1. The van der Waals surface area contributed by atoms with Crippen molar-refractivity contribution in [3.8, 4) is 0 Å². The second kappa shape index (κ2) is 5.66.